The van der Waals surface area contributed by atoms with Crippen molar-refractivity contribution in [3.8, 4) is 28.3 Å². The Kier molecular flexibility index (Phi) is 3.35. The first kappa shape index (κ1) is 14.2. The summed E-state index contributed by atoms with van der Waals surface area (Å²) in [5.41, 5.74) is 2.89. The number of benzene rings is 3. The molecule has 0 spiro atoms. The van der Waals surface area contributed by atoms with E-state index in [2.05, 4.69) is 4.98 Å². The van der Waals surface area contributed by atoms with Crippen molar-refractivity contribution in [1.82, 2.24) is 4.98 Å². The molecule has 0 radical (unpaired) electrons. The van der Waals surface area contributed by atoms with E-state index in [1.165, 1.54) is 12.1 Å². The number of aromatic nitrogens is 1. The minimum Gasteiger partial charge on any atom is -0.508 e. The van der Waals surface area contributed by atoms with Crippen LogP contribution >= 0.6 is 0 Å². The Morgan fingerprint density at radius 3 is 2.21 bits per heavy atom. The molecule has 3 aromatic carbocycles. The van der Waals surface area contributed by atoms with Gasteiger partial charge in [-0.25, -0.2) is 9.78 Å². The molecule has 0 amide bonds. The summed E-state index contributed by atoms with van der Waals surface area (Å²) in [6, 6.07) is 22.2. The largest absolute Gasteiger partial charge is 0.508 e. The van der Waals surface area contributed by atoms with E-state index < -0.39 is 5.63 Å². The summed E-state index contributed by atoms with van der Waals surface area (Å²) in [4.78, 5) is 16.5. The molecule has 0 aliphatic carbocycles. The van der Waals surface area contributed by atoms with Crippen LogP contribution in [0.4, 0.5) is 0 Å². The number of rotatable bonds is 2. The Balaban J connectivity index is 1.78. The lowest BCUT2D eigenvalue weighted by atomic mass is 10.0. The van der Waals surface area contributed by atoms with Crippen LogP contribution in [0.2, 0.25) is 0 Å². The number of nitrogens with zero attached hydrogens (tertiary/aromatic N) is 1. The number of aromatic hydroxyl groups is 1. The molecule has 0 atom stereocenters. The molecule has 4 nitrogen and oxygen atoms in total. The standard InChI is InChI=1S/C20H13NO3/c22-16-10-11-18-17(12-16)20(23)24-19(21-18)15-8-6-14(7-9-15)13-4-2-1-3-5-13/h1-12,22H. The average Bonchev–Trinajstić information content (AvgIpc) is 2.63. The summed E-state index contributed by atoms with van der Waals surface area (Å²) in [5, 5.41) is 9.74. The number of hydrogen-bond donors (Lipinski definition) is 1. The maximum Gasteiger partial charge on any atom is 0.347 e. The van der Waals surface area contributed by atoms with E-state index in [1.54, 1.807) is 6.07 Å². The minimum atomic E-state index is -0.516. The second kappa shape index (κ2) is 5.66. The molecule has 0 bridgehead atoms. The van der Waals surface area contributed by atoms with Gasteiger partial charge in [0.25, 0.3) is 0 Å². The molecule has 116 valence electrons. The molecular weight excluding hydrogens is 302 g/mol. The number of phenolic OH excluding ortho intramolecular Hbond substituents is 1. The van der Waals surface area contributed by atoms with Gasteiger partial charge in [-0.2, -0.15) is 0 Å². The SMILES string of the molecule is O=c1oc(-c2ccc(-c3ccccc3)cc2)nc2ccc(O)cc12. The van der Waals surface area contributed by atoms with Crippen LogP contribution in [0.1, 0.15) is 0 Å². The Hall–Kier alpha value is -3.40. The predicted molar refractivity (Wildman–Crippen MR) is 92.8 cm³/mol. The highest BCUT2D eigenvalue weighted by molar-refractivity contribution is 5.80. The summed E-state index contributed by atoms with van der Waals surface area (Å²) in [6.45, 7) is 0. The van der Waals surface area contributed by atoms with Crippen LogP contribution in [0.3, 0.4) is 0 Å². The summed E-state index contributed by atoms with van der Waals surface area (Å²) in [6.07, 6.45) is 0. The van der Waals surface area contributed by atoms with Crippen LogP contribution in [0.5, 0.6) is 5.75 Å². The van der Waals surface area contributed by atoms with E-state index in [1.807, 2.05) is 54.6 Å². The van der Waals surface area contributed by atoms with Crippen LogP contribution < -0.4 is 5.63 Å². The fourth-order valence-electron chi connectivity index (χ4n) is 2.62. The van der Waals surface area contributed by atoms with E-state index >= 15 is 0 Å². The number of phenols is 1. The lowest BCUT2D eigenvalue weighted by Gasteiger charge is -2.04. The lowest BCUT2D eigenvalue weighted by molar-refractivity contribution is 0.474. The van der Waals surface area contributed by atoms with Crippen LogP contribution in [0.15, 0.2) is 82.0 Å². The molecule has 0 unspecified atom stereocenters. The normalized spacial score (nSPS) is 10.8. The molecule has 0 saturated carbocycles. The van der Waals surface area contributed by atoms with Gasteiger partial charge < -0.3 is 9.52 Å². The zero-order chi connectivity index (χ0) is 16.5. The molecule has 24 heavy (non-hydrogen) atoms. The fourth-order valence-corrected chi connectivity index (χ4v) is 2.62. The highest BCUT2D eigenvalue weighted by atomic mass is 16.4. The van der Waals surface area contributed by atoms with E-state index in [0.29, 0.717) is 5.52 Å². The average molecular weight is 315 g/mol. The van der Waals surface area contributed by atoms with Gasteiger partial charge in [0.15, 0.2) is 0 Å². The van der Waals surface area contributed by atoms with Crippen molar-refractivity contribution in [3.63, 3.8) is 0 Å². The third-order valence-electron chi connectivity index (χ3n) is 3.85. The minimum absolute atomic E-state index is 0.0107. The molecule has 0 fully saturated rings. The smallest absolute Gasteiger partial charge is 0.347 e. The summed E-state index contributed by atoms with van der Waals surface area (Å²) in [7, 11) is 0. The summed E-state index contributed by atoms with van der Waals surface area (Å²) >= 11 is 0. The number of fused-ring (bicyclic) bond motifs is 1. The first-order valence-electron chi connectivity index (χ1n) is 7.50. The molecule has 4 rings (SSSR count). The van der Waals surface area contributed by atoms with E-state index in [4.69, 9.17) is 4.42 Å². The Labute approximate surface area is 137 Å². The first-order valence-corrected chi connectivity index (χ1v) is 7.50. The number of hydrogen-bond acceptors (Lipinski definition) is 4. The van der Waals surface area contributed by atoms with Crippen molar-refractivity contribution >= 4 is 10.9 Å². The molecule has 4 aromatic rings. The van der Waals surface area contributed by atoms with Crippen LogP contribution in [0, 0.1) is 0 Å². The van der Waals surface area contributed by atoms with Gasteiger partial charge in [0.1, 0.15) is 5.75 Å². The third-order valence-corrected chi connectivity index (χ3v) is 3.85. The third kappa shape index (κ3) is 2.54. The van der Waals surface area contributed by atoms with Crippen molar-refractivity contribution in [2.45, 2.75) is 0 Å². The first-order chi connectivity index (χ1) is 11.7. The second-order valence-corrected chi connectivity index (χ2v) is 5.45. The Morgan fingerprint density at radius 2 is 1.46 bits per heavy atom. The zero-order valence-corrected chi connectivity index (χ0v) is 12.6. The Morgan fingerprint density at radius 1 is 0.792 bits per heavy atom. The topological polar surface area (TPSA) is 63.3 Å². The molecule has 0 aliphatic rings. The summed E-state index contributed by atoms with van der Waals surface area (Å²) in [5.74, 6) is 0.273. The van der Waals surface area contributed by atoms with Gasteiger partial charge in [-0.1, -0.05) is 42.5 Å². The van der Waals surface area contributed by atoms with Gasteiger partial charge in [0.05, 0.1) is 10.9 Å². The molecule has 0 saturated heterocycles. The van der Waals surface area contributed by atoms with Crippen LogP contribution in [0.25, 0.3) is 33.5 Å². The monoisotopic (exact) mass is 315 g/mol. The van der Waals surface area contributed by atoms with Crippen LogP contribution in [-0.4, -0.2) is 10.1 Å². The van der Waals surface area contributed by atoms with Gasteiger partial charge >= 0.3 is 5.63 Å². The molecule has 1 N–H and O–H groups in total. The maximum atomic E-state index is 12.1. The molecule has 1 heterocycles. The highest BCUT2D eigenvalue weighted by Crippen LogP contribution is 2.24. The van der Waals surface area contributed by atoms with Gasteiger partial charge in [-0.05, 0) is 41.5 Å². The van der Waals surface area contributed by atoms with Gasteiger partial charge in [0.2, 0.25) is 5.89 Å². The fraction of sp³-hybridized carbons (Fsp3) is 0. The van der Waals surface area contributed by atoms with E-state index in [0.717, 1.165) is 16.7 Å². The van der Waals surface area contributed by atoms with Crippen molar-refractivity contribution in [2.24, 2.45) is 0 Å². The van der Waals surface area contributed by atoms with E-state index in [-0.39, 0.29) is 17.0 Å². The quantitative estimate of drug-likeness (QED) is 0.601. The van der Waals surface area contributed by atoms with Gasteiger partial charge in [-0.3, -0.25) is 0 Å². The summed E-state index contributed by atoms with van der Waals surface area (Å²) < 4.78 is 5.30. The van der Waals surface area contributed by atoms with Crippen molar-refractivity contribution in [1.29, 1.82) is 0 Å². The Bertz CT molecular complexity index is 1070. The van der Waals surface area contributed by atoms with Gasteiger partial charge in [0, 0.05) is 5.56 Å². The van der Waals surface area contributed by atoms with Gasteiger partial charge in [-0.15, -0.1) is 0 Å². The van der Waals surface area contributed by atoms with Crippen molar-refractivity contribution < 1.29 is 9.52 Å². The van der Waals surface area contributed by atoms with Crippen molar-refractivity contribution in [3.05, 3.63) is 83.2 Å². The lowest BCUT2D eigenvalue weighted by Crippen LogP contribution is -2.02. The maximum absolute atomic E-state index is 12.1. The van der Waals surface area contributed by atoms with Crippen molar-refractivity contribution in [2.75, 3.05) is 0 Å². The molecule has 1 aromatic heterocycles. The van der Waals surface area contributed by atoms with Crippen LogP contribution in [-0.2, 0) is 0 Å². The molecule has 0 aliphatic heterocycles. The molecular formula is C20H13NO3. The molecule has 4 heteroatoms. The zero-order valence-electron chi connectivity index (χ0n) is 12.6. The second-order valence-electron chi connectivity index (χ2n) is 5.45. The predicted octanol–water partition coefficient (Wildman–Crippen LogP) is 4.23. The highest BCUT2D eigenvalue weighted by Gasteiger charge is 2.09. The van der Waals surface area contributed by atoms with E-state index in [9.17, 15) is 9.90 Å².